The molecular weight excluding hydrogens is 350 g/mol. The van der Waals surface area contributed by atoms with Crippen LogP contribution < -0.4 is 5.56 Å². The van der Waals surface area contributed by atoms with E-state index >= 15 is 0 Å². The summed E-state index contributed by atoms with van der Waals surface area (Å²) in [6.45, 7) is 10.2. The van der Waals surface area contributed by atoms with Gasteiger partial charge in [0.25, 0.3) is 5.56 Å². The van der Waals surface area contributed by atoms with Gasteiger partial charge in [0.2, 0.25) is 0 Å². The van der Waals surface area contributed by atoms with Gasteiger partial charge >= 0.3 is 0 Å². The van der Waals surface area contributed by atoms with Crippen molar-refractivity contribution in [2.45, 2.75) is 40.3 Å². The van der Waals surface area contributed by atoms with Gasteiger partial charge in [-0.2, -0.15) is 0 Å². The zero-order valence-electron chi connectivity index (χ0n) is 17.1. The second-order valence-corrected chi connectivity index (χ2v) is 8.63. The van der Waals surface area contributed by atoms with E-state index in [2.05, 4.69) is 25.7 Å². The number of hydrogen-bond donors (Lipinski definition) is 1. The fraction of sp³-hybridized carbons (Fsp3) is 0.391. The molecular formula is C23H29N3O2. The summed E-state index contributed by atoms with van der Waals surface area (Å²) < 4.78 is 1.58. The highest BCUT2D eigenvalue weighted by atomic mass is 16.3. The van der Waals surface area contributed by atoms with Crippen molar-refractivity contribution in [2.24, 2.45) is 5.41 Å². The second-order valence-electron chi connectivity index (χ2n) is 8.63. The molecule has 0 aliphatic rings. The second kappa shape index (κ2) is 8.25. The molecule has 0 fully saturated rings. The Morgan fingerprint density at radius 3 is 2.54 bits per heavy atom. The van der Waals surface area contributed by atoms with Gasteiger partial charge < -0.3 is 5.11 Å². The van der Waals surface area contributed by atoms with E-state index in [1.165, 1.54) is 0 Å². The van der Waals surface area contributed by atoms with Crippen molar-refractivity contribution in [3.8, 4) is 0 Å². The third-order valence-electron chi connectivity index (χ3n) is 4.64. The maximum atomic E-state index is 12.5. The van der Waals surface area contributed by atoms with E-state index in [4.69, 9.17) is 4.98 Å². The van der Waals surface area contributed by atoms with E-state index in [0.717, 1.165) is 23.4 Å². The van der Waals surface area contributed by atoms with E-state index in [1.807, 2.05) is 49.4 Å². The van der Waals surface area contributed by atoms with Crippen molar-refractivity contribution in [3.05, 3.63) is 81.9 Å². The van der Waals surface area contributed by atoms with Crippen LogP contribution in [0.15, 0.2) is 59.5 Å². The van der Waals surface area contributed by atoms with Crippen LogP contribution in [0.2, 0.25) is 0 Å². The lowest BCUT2D eigenvalue weighted by atomic mass is 9.95. The fourth-order valence-corrected chi connectivity index (χ4v) is 3.50. The van der Waals surface area contributed by atoms with Gasteiger partial charge in [0.15, 0.2) is 0 Å². The molecule has 1 atom stereocenters. The Labute approximate surface area is 166 Å². The number of benzene rings is 1. The summed E-state index contributed by atoms with van der Waals surface area (Å²) in [6.07, 6.45) is 1.15. The zero-order chi connectivity index (χ0) is 20.3. The van der Waals surface area contributed by atoms with Crippen LogP contribution in [-0.4, -0.2) is 32.5 Å². The molecule has 0 saturated heterocycles. The normalized spacial score (nSPS) is 13.2. The van der Waals surface area contributed by atoms with Crippen molar-refractivity contribution in [1.82, 2.24) is 14.3 Å². The quantitative estimate of drug-likeness (QED) is 0.711. The first-order valence-corrected chi connectivity index (χ1v) is 9.66. The first kappa shape index (κ1) is 20.2. The van der Waals surface area contributed by atoms with Crippen LogP contribution >= 0.6 is 0 Å². The molecule has 1 unspecified atom stereocenters. The minimum Gasteiger partial charge on any atom is -0.387 e. The molecule has 3 aromatic rings. The molecule has 2 heterocycles. The molecule has 0 aliphatic heterocycles. The Hall–Kier alpha value is -2.50. The van der Waals surface area contributed by atoms with Crippen LogP contribution in [0.25, 0.3) is 5.65 Å². The Balaban J connectivity index is 1.88. The van der Waals surface area contributed by atoms with E-state index in [1.54, 1.807) is 16.7 Å². The van der Waals surface area contributed by atoms with E-state index in [0.29, 0.717) is 18.7 Å². The van der Waals surface area contributed by atoms with E-state index in [9.17, 15) is 9.90 Å². The minimum atomic E-state index is -0.591. The van der Waals surface area contributed by atoms with Crippen LogP contribution in [0.3, 0.4) is 0 Å². The topological polar surface area (TPSA) is 57.8 Å². The highest BCUT2D eigenvalue weighted by molar-refractivity contribution is 5.46. The fourth-order valence-electron chi connectivity index (χ4n) is 3.50. The summed E-state index contributed by atoms with van der Waals surface area (Å²) >= 11 is 0. The Morgan fingerprint density at radius 1 is 1.14 bits per heavy atom. The van der Waals surface area contributed by atoms with Crippen molar-refractivity contribution in [1.29, 1.82) is 0 Å². The first-order chi connectivity index (χ1) is 13.2. The number of hydrogen-bond acceptors (Lipinski definition) is 4. The molecule has 0 aliphatic carbocycles. The smallest absolute Gasteiger partial charge is 0.258 e. The largest absolute Gasteiger partial charge is 0.387 e. The Morgan fingerprint density at radius 2 is 1.86 bits per heavy atom. The number of rotatable bonds is 6. The van der Waals surface area contributed by atoms with Gasteiger partial charge in [0, 0.05) is 31.9 Å². The average Bonchev–Trinajstić information content (AvgIpc) is 2.62. The third-order valence-corrected chi connectivity index (χ3v) is 4.64. The van der Waals surface area contributed by atoms with Crippen LogP contribution in [0, 0.1) is 12.3 Å². The van der Waals surface area contributed by atoms with Gasteiger partial charge in [0.1, 0.15) is 5.65 Å². The SMILES string of the molecule is Cc1cccn2c(=O)cc(CN(CC(O)c3ccccc3)CC(C)(C)C)nc12. The zero-order valence-corrected chi connectivity index (χ0v) is 17.1. The summed E-state index contributed by atoms with van der Waals surface area (Å²) in [5.41, 5.74) is 3.24. The number of aryl methyl sites for hydroxylation is 1. The molecule has 0 bridgehead atoms. The molecule has 0 spiro atoms. The standard InChI is InChI=1S/C23H29N3O2/c1-17-9-8-12-26-21(28)13-19(24-22(17)26)14-25(16-23(2,3)4)15-20(27)18-10-6-5-7-11-18/h5-13,20,27H,14-16H2,1-4H3. The highest BCUT2D eigenvalue weighted by Crippen LogP contribution is 2.21. The molecule has 2 aromatic heterocycles. The minimum absolute atomic E-state index is 0.0538. The average molecular weight is 380 g/mol. The number of aromatic nitrogens is 2. The Bertz CT molecular complexity index is 990. The summed E-state index contributed by atoms with van der Waals surface area (Å²) in [5.74, 6) is 0. The number of pyridine rings is 1. The van der Waals surface area contributed by atoms with Crippen molar-refractivity contribution in [3.63, 3.8) is 0 Å². The van der Waals surface area contributed by atoms with E-state index < -0.39 is 6.10 Å². The van der Waals surface area contributed by atoms with Crippen LogP contribution in [0.5, 0.6) is 0 Å². The van der Waals surface area contributed by atoms with Gasteiger partial charge in [0.05, 0.1) is 11.8 Å². The highest BCUT2D eigenvalue weighted by Gasteiger charge is 2.21. The molecule has 3 rings (SSSR count). The van der Waals surface area contributed by atoms with E-state index in [-0.39, 0.29) is 11.0 Å². The predicted molar refractivity (Wildman–Crippen MR) is 112 cm³/mol. The van der Waals surface area contributed by atoms with Gasteiger partial charge in [-0.15, -0.1) is 0 Å². The molecule has 0 saturated carbocycles. The molecule has 0 amide bonds. The first-order valence-electron chi connectivity index (χ1n) is 9.66. The summed E-state index contributed by atoms with van der Waals surface area (Å²) in [5, 5.41) is 10.7. The maximum Gasteiger partial charge on any atom is 0.258 e. The monoisotopic (exact) mass is 379 g/mol. The molecule has 5 heteroatoms. The number of nitrogens with zero attached hydrogens (tertiary/aromatic N) is 3. The molecule has 5 nitrogen and oxygen atoms in total. The summed E-state index contributed by atoms with van der Waals surface area (Å²) in [7, 11) is 0. The third kappa shape index (κ3) is 5.06. The van der Waals surface area contributed by atoms with Crippen LogP contribution in [0.4, 0.5) is 0 Å². The Kier molecular flexibility index (Phi) is 5.96. The lowest BCUT2D eigenvalue weighted by Crippen LogP contribution is -2.36. The molecule has 28 heavy (non-hydrogen) atoms. The lowest BCUT2D eigenvalue weighted by molar-refractivity contribution is 0.0865. The molecule has 148 valence electrons. The summed E-state index contributed by atoms with van der Waals surface area (Å²) in [6, 6.07) is 15.1. The van der Waals surface area contributed by atoms with Gasteiger partial charge in [-0.1, -0.05) is 57.2 Å². The number of aliphatic hydroxyl groups excluding tert-OH is 1. The van der Waals surface area contributed by atoms with Crippen molar-refractivity contribution in [2.75, 3.05) is 13.1 Å². The van der Waals surface area contributed by atoms with Gasteiger partial charge in [-0.05, 0) is 29.5 Å². The maximum absolute atomic E-state index is 12.5. The predicted octanol–water partition coefficient (Wildman–Crippen LogP) is 3.58. The molecule has 0 radical (unpaired) electrons. The summed E-state index contributed by atoms with van der Waals surface area (Å²) in [4.78, 5) is 19.4. The van der Waals surface area contributed by atoms with Crippen molar-refractivity contribution < 1.29 is 5.11 Å². The molecule has 1 aromatic carbocycles. The number of aliphatic hydroxyl groups is 1. The number of fused-ring (bicyclic) bond motifs is 1. The van der Waals surface area contributed by atoms with Crippen molar-refractivity contribution >= 4 is 5.65 Å². The van der Waals surface area contributed by atoms with Crippen LogP contribution in [-0.2, 0) is 6.54 Å². The lowest BCUT2D eigenvalue weighted by Gasteiger charge is -2.31. The van der Waals surface area contributed by atoms with Gasteiger partial charge in [-0.3, -0.25) is 14.1 Å². The molecule has 1 N–H and O–H groups in total. The van der Waals surface area contributed by atoms with Gasteiger partial charge in [-0.25, -0.2) is 4.98 Å². The van der Waals surface area contributed by atoms with Crippen LogP contribution in [0.1, 0.15) is 43.7 Å².